The topological polar surface area (TPSA) is 96.9 Å². The quantitative estimate of drug-likeness (QED) is 0.301. The number of carbonyl (C=O) groups is 1. The van der Waals surface area contributed by atoms with Gasteiger partial charge in [0.25, 0.3) is 0 Å². The molecular formula is C14H21N3O3. The van der Waals surface area contributed by atoms with E-state index in [-0.39, 0.29) is 11.7 Å². The molecule has 110 valence electrons. The first-order valence-electron chi connectivity index (χ1n) is 6.50. The number of benzene rings is 1. The number of methoxy groups -OCH3 is 1. The second kappa shape index (κ2) is 8.04. The lowest BCUT2D eigenvalue weighted by Gasteiger charge is -2.13. The molecule has 0 radical (unpaired) electrons. The molecule has 0 saturated heterocycles. The van der Waals surface area contributed by atoms with Gasteiger partial charge < -0.3 is 21.0 Å². The van der Waals surface area contributed by atoms with Gasteiger partial charge in [-0.3, -0.25) is 4.79 Å². The monoisotopic (exact) mass is 279 g/mol. The lowest BCUT2D eigenvalue weighted by atomic mass is 10.0. The van der Waals surface area contributed by atoms with E-state index in [1.807, 2.05) is 31.2 Å². The summed E-state index contributed by atoms with van der Waals surface area (Å²) < 4.78 is 5.14. The number of nitrogens with two attached hydrogens (primary N) is 1. The maximum atomic E-state index is 11.9. The van der Waals surface area contributed by atoms with Crippen LogP contribution in [0.15, 0.2) is 29.4 Å². The highest BCUT2D eigenvalue weighted by Gasteiger charge is 2.20. The average Bonchev–Trinajstić information content (AvgIpc) is 2.48. The van der Waals surface area contributed by atoms with E-state index < -0.39 is 5.92 Å². The zero-order valence-corrected chi connectivity index (χ0v) is 11.8. The van der Waals surface area contributed by atoms with Crippen molar-refractivity contribution < 1.29 is 14.7 Å². The molecule has 0 aliphatic heterocycles. The normalized spacial score (nSPS) is 12.8. The van der Waals surface area contributed by atoms with E-state index in [0.717, 1.165) is 11.3 Å². The van der Waals surface area contributed by atoms with Gasteiger partial charge in [0.2, 0.25) is 5.91 Å². The van der Waals surface area contributed by atoms with E-state index in [2.05, 4.69) is 10.5 Å². The van der Waals surface area contributed by atoms with Crippen molar-refractivity contribution >= 4 is 11.7 Å². The number of amidine groups is 1. The Hall–Kier alpha value is -2.24. The summed E-state index contributed by atoms with van der Waals surface area (Å²) in [4.78, 5) is 11.9. The van der Waals surface area contributed by atoms with Crippen molar-refractivity contribution in [1.82, 2.24) is 5.32 Å². The number of hydrogen-bond donors (Lipinski definition) is 3. The molecule has 1 amide bonds. The Balaban J connectivity index is 2.49. The number of carbonyl (C=O) groups excluding carboxylic acids is 1. The van der Waals surface area contributed by atoms with Gasteiger partial charge in [0.1, 0.15) is 5.75 Å². The molecule has 0 heterocycles. The number of oxime groups is 1. The third kappa shape index (κ3) is 4.46. The van der Waals surface area contributed by atoms with E-state index >= 15 is 0 Å². The molecular weight excluding hydrogens is 258 g/mol. The molecule has 4 N–H and O–H groups in total. The van der Waals surface area contributed by atoms with Crippen LogP contribution in [-0.4, -0.2) is 30.6 Å². The number of nitrogens with one attached hydrogen (secondary N) is 1. The van der Waals surface area contributed by atoms with E-state index in [0.29, 0.717) is 19.4 Å². The first kappa shape index (κ1) is 15.8. The van der Waals surface area contributed by atoms with Gasteiger partial charge in [-0.25, -0.2) is 0 Å². The van der Waals surface area contributed by atoms with Gasteiger partial charge in [0.05, 0.1) is 13.0 Å². The van der Waals surface area contributed by atoms with Crippen LogP contribution >= 0.6 is 0 Å². The maximum absolute atomic E-state index is 11.9. The summed E-state index contributed by atoms with van der Waals surface area (Å²) >= 11 is 0. The summed E-state index contributed by atoms with van der Waals surface area (Å²) in [7, 11) is 1.61. The average molecular weight is 279 g/mol. The third-order valence-electron chi connectivity index (χ3n) is 3.04. The summed E-state index contributed by atoms with van der Waals surface area (Å²) in [6.07, 6.45) is 1.18. The largest absolute Gasteiger partial charge is 0.497 e. The van der Waals surface area contributed by atoms with Crippen molar-refractivity contribution in [2.45, 2.75) is 19.8 Å². The molecule has 0 aromatic heterocycles. The Kier molecular flexibility index (Phi) is 6.36. The molecule has 0 aliphatic rings. The highest BCUT2D eigenvalue weighted by Crippen LogP contribution is 2.12. The van der Waals surface area contributed by atoms with E-state index in [4.69, 9.17) is 15.7 Å². The van der Waals surface area contributed by atoms with Crippen LogP contribution in [0.1, 0.15) is 18.9 Å². The Labute approximate surface area is 118 Å². The number of ether oxygens (including phenoxy) is 1. The standard InChI is InChI=1S/C14H21N3O3/c1-3-12(13(15)17-19)14(18)16-8-7-10-5-4-6-11(9-10)20-2/h4-6,9,12,19H,3,7-8H2,1-2H3,(H2,15,17)(H,16,18). The van der Waals surface area contributed by atoms with Crippen LogP contribution in [0.25, 0.3) is 0 Å². The number of hydrogen-bond acceptors (Lipinski definition) is 4. The Bertz CT molecular complexity index is 474. The molecule has 0 bridgehead atoms. The molecule has 1 aromatic carbocycles. The number of rotatable bonds is 7. The van der Waals surface area contributed by atoms with Crippen LogP contribution < -0.4 is 15.8 Å². The summed E-state index contributed by atoms with van der Waals surface area (Å²) in [5, 5.41) is 14.3. The Morgan fingerprint density at radius 2 is 2.30 bits per heavy atom. The van der Waals surface area contributed by atoms with Gasteiger partial charge in [-0.05, 0) is 30.5 Å². The molecule has 1 rings (SSSR count). The van der Waals surface area contributed by atoms with Crippen LogP contribution in [-0.2, 0) is 11.2 Å². The SMILES string of the molecule is CCC(C(=O)NCCc1cccc(OC)c1)/C(N)=N/O. The van der Waals surface area contributed by atoms with E-state index in [9.17, 15) is 4.79 Å². The zero-order chi connectivity index (χ0) is 15.0. The third-order valence-corrected chi connectivity index (χ3v) is 3.04. The van der Waals surface area contributed by atoms with Crippen molar-refractivity contribution in [2.75, 3.05) is 13.7 Å². The lowest BCUT2D eigenvalue weighted by Crippen LogP contribution is -2.39. The highest BCUT2D eigenvalue weighted by atomic mass is 16.5. The van der Waals surface area contributed by atoms with E-state index in [1.165, 1.54) is 0 Å². The predicted octanol–water partition coefficient (Wildman–Crippen LogP) is 1.13. The van der Waals surface area contributed by atoms with Gasteiger partial charge in [-0.1, -0.05) is 24.2 Å². The van der Waals surface area contributed by atoms with Crippen LogP contribution in [0.4, 0.5) is 0 Å². The molecule has 6 nitrogen and oxygen atoms in total. The van der Waals surface area contributed by atoms with Gasteiger partial charge in [0, 0.05) is 6.54 Å². The fraction of sp³-hybridized carbons (Fsp3) is 0.429. The molecule has 1 aromatic rings. The predicted molar refractivity (Wildman–Crippen MR) is 76.9 cm³/mol. The molecule has 20 heavy (non-hydrogen) atoms. The minimum atomic E-state index is -0.592. The van der Waals surface area contributed by atoms with Crippen molar-refractivity contribution in [1.29, 1.82) is 0 Å². The molecule has 1 unspecified atom stereocenters. The van der Waals surface area contributed by atoms with Crippen LogP contribution in [0, 0.1) is 5.92 Å². The van der Waals surface area contributed by atoms with Gasteiger partial charge in [0.15, 0.2) is 5.84 Å². The maximum Gasteiger partial charge on any atom is 0.230 e. The van der Waals surface area contributed by atoms with E-state index in [1.54, 1.807) is 7.11 Å². The van der Waals surface area contributed by atoms with Crippen LogP contribution in [0.5, 0.6) is 5.75 Å². The van der Waals surface area contributed by atoms with Crippen LogP contribution in [0.2, 0.25) is 0 Å². The summed E-state index contributed by atoms with van der Waals surface area (Å²) in [5.41, 5.74) is 6.54. The molecule has 0 saturated carbocycles. The Morgan fingerprint density at radius 1 is 1.55 bits per heavy atom. The van der Waals surface area contributed by atoms with Crippen molar-refractivity contribution in [3.05, 3.63) is 29.8 Å². The fourth-order valence-electron chi connectivity index (χ4n) is 1.88. The summed E-state index contributed by atoms with van der Waals surface area (Å²) in [5.74, 6) is -0.0979. The number of amides is 1. The molecule has 6 heteroatoms. The van der Waals surface area contributed by atoms with Gasteiger partial charge in [-0.2, -0.15) is 0 Å². The second-order valence-corrected chi connectivity index (χ2v) is 4.38. The summed E-state index contributed by atoms with van der Waals surface area (Å²) in [6, 6.07) is 7.66. The smallest absolute Gasteiger partial charge is 0.230 e. The first-order chi connectivity index (χ1) is 9.62. The number of nitrogens with zero attached hydrogens (tertiary/aromatic N) is 1. The second-order valence-electron chi connectivity index (χ2n) is 4.38. The lowest BCUT2D eigenvalue weighted by molar-refractivity contribution is -0.123. The Morgan fingerprint density at radius 3 is 2.90 bits per heavy atom. The summed E-state index contributed by atoms with van der Waals surface area (Å²) in [6.45, 7) is 2.30. The zero-order valence-electron chi connectivity index (χ0n) is 11.8. The molecule has 0 aliphatic carbocycles. The molecule has 1 atom stereocenters. The highest BCUT2D eigenvalue weighted by molar-refractivity contribution is 6.01. The van der Waals surface area contributed by atoms with Crippen LogP contribution in [0.3, 0.4) is 0 Å². The first-order valence-corrected chi connectivity index (χ1v) is 6.50. The van der Waals surface area contributed by atoms with Crippen molar-refractivity contribution in [3.63, 3.8) is 0 Å². The van der Waals surface area contributed by atoms with Gasteiger partial charge >= 0.3 is 0 Å². The minimum Gasteiger partial charge on any atom is -0.497 e. The molecule has 0 spiro atoms. The van der Waals surface area contributed by atoms with Gasteiger partial charge in [-0.15, -0.1) is 0 Å². The minimum absolute atomic E-state index is 0.0635. The molecule has 0 fully saturated rings. The van der Waals surface area contributed by atoms with Crippen molar-refractivity contribution in [3.8, 4) is 5.75 Å². The van der Waals surface area contributed by atoms with Crippen molar-refractivity contribution in [2.24, 2.45) is 16.8 Å². The fourth-order valence-corrected chi connectivity index (χ4v) is 1.88.